The topological polar surface area (TPSA) is 49.6 Å². The molecule has 2 heterocycles. The summed E-state index contributed by atoms with van der Waals surface area (Å²) in [7, 11) is 0. The van der Waals surface area contributed by atoms with Crippen molar-refractivity contribution in [3.8, 4) is 0 Å². The lowest BCUT2D eigenvalue weighted by Gasteiger charge is -2.48. The maximum Gasteiger partial charge on any atom is 0.227 e. The third kappa shape index (κ3) is 2.22. The van der Waals surface area contributed by atoms with Crippen molar-refractivity contribution < 1.29 is 4.79 Å². The van der Waals surface area contributed by atoms with Crippen molar-refractivity contribution in [3.05, 3.63) is 0 Å². The number of carbonyl (C=O) groups is 1. The Balaban J connectivity index is 1.49. The maximum atomic E-state index is 13.1. The highest BCUT2D eigenvalue weighted by Gasteiger charge is 2.51. The molecule has 2 saturated heterocycles. The molecule has 6 atom stereocenters. The Morgan fingerprint density at radius 3 is 2.67 bits per heavy atom. The third-order valence-corrected chi connectivity index (χ3v) is 6.74. The Labute approximate surface area is 128 Å². The van der Waals surface area contributed by atoms with E-state index in [0.29, 0.717) is 29.8 Å². The second-order valence-electron chi connectivity index (χ2n) is 7.92. The standard InChI is InChI=1S/C17H29N3O/c1-11-9-19-7-3-2-4-14(19)10-20(11)17(21)15-12-5-6-13(8-12)16(15)18/h11-16H,2-10,18H2,1H3. The van der Waals surface area contributed by atoms with Crippen molar-refractivity contribution in [2.45, 2.75) is 63.6 Å². The van der Waals surface area contributed by atoms with Gasteiger partial charge in [0.15, 0.2) is 0 Å². The van der Waals surface area contributed by atoms with Gasteiger partial charge in [-0.1, -0.05) is 6.42 Å². The number of hydrogen-bond donors (Lipinski definition) is 1. The first-order valence-electron chi connectivity index (χ1n) is 8.95. The van der Waals surface area contributed by atoms with Crippen molar-refractivity contribution in [3.63, 3.8) is 0 Å². The molecule has 2 N–H and O–H groups in total. The third-order valence-electron chi connectivity index (χ3n) is 6.74. The lowest BCUT2D eigenvalue weighted by atomic mass is 9.83. The first kappa shape index (κ1) is 14.0. The Morgan fingerprint density at radius 1 is 1.10 bits per heavy atom. The van der Waals surface area contributed by atoms with Crippen LogP contribution in [0.1, 0.15) is 45.4 Å². The molecule has 2 saturated carbocycles. The van der Waals surface area contributed by atoms with Crippen molar-refractivity contribution >= 4 is 5.91 Å². The molecule has 6 unspecified atom stereocenters. The van der Waals surface area contributed by atoms with Crippen LogP contribution in [0.25, 0.3) is 0 Å². The van der Waals surface area contributed by atoms with E-state index in [0.717, 1.165) is 13.1 Å². The fourth-order valence-corrected chi connectivity index (χ4v) is 5.55. The molecule has 2 bridgehead atoms. The zero-order valence-electron chi connectivity index (χ0n) is 13.2. The van der Waals surface area contributed by atoms with Crippen LogP contribution in [-0.4, -0.2) is 53.5 Å². The lowest BCUT2D eigenvalue weighted by molar-refractivity contribution is -0.144. The molecular formula is C17H29N3O. The summed E-state index contributed by atoms with van der Waals surface area (Å²) in [5.74, 6) is 1.71. The van der Waals surface area contributed by atoms with Gasteiger partial charge in [0.1, 0.15) is 0 Å². The van der Waals surface area contributed by atoms with Crippen LogP contribution in [0.5, 0.6) is 0 Å². The maximum absolute atomic E-state index is 13.1. The van der Waals surface area contributed by atoms with Gasteiger partial charge < -0.3 is 10.6 Å². The molecule has 4 aliphatic rings. The fraction of sp³-hybridized carbons (Fsp3) is 0.941. The Morgan fingerprint density at radius 2 is 1.90 bits per heavy atom. The quantitative estimate of drug-likeness (QED) is 0.795. The van der Waals surface area contributed by atoms with Crippen LogP contribution in [0.3, 0.4) is 0 Å². The minimum atomic E-state index is 0.126. The van der Waals surface area contributed by atoms with Crippen LogP contribution >= 0.6 is 0 Å². The highest BCUT2D eigenvalue weighted by molar-refractivity contribution is 5.81. The van der Waals surface area contributed by atoms with Crippen molar-refractivity contribution in [2.24, 2.45) is 23.5 Å². The number of piperazine rings is 1. The van der Waals surface area contributed by atoms with E-state index in [1.807, 2.05) is 0 Å². The molecule has 4 heteroatoms. The molecule has 2 aliphatic heterocycles. The number of hydrogen-bond acceptors (Lipinski definition) is 3. The summed E-state index contributed by atoms with van der Waals surface area (Å²) in [6.45, 7) is 5.46. The highest BCUT2D eigenvalue weighted by atomic mass is 16.2. The largest absolute Gasteiger partial charge is 0.337 e. The minimum absolute atomic E-state index is 0.126. The van der Waals surface area contributed by atoms with Crippen LogP contribution in [0, 0.1) is 17.8 Å². The summed E-state index contributed by atoms with van der Waals surface area (Å²) in [6, 6.07) is 1.10. The van der Waals surface area contributed by atoms with Gasteiger partial charge in [0.05, 0.1) is 5.92 Å². The summed E-state index contributed by atoms with van der Waals surface area (Å²) in [6.07, 6.45) is 7.60. The molecule has 0 aromatic carbocycles. The Kier molecular flexibility index (Phi) is 3.49. The van der Waals surface area contributed by atoms with E-state index in [1.54, 1.807) is 0 Å². The van der Waals surface area contributed by atoms with Gasteiger partial charge in [-0.3, -0.25) is 9.69 Å². The molecule has 0 aromatic heterocycles. The number of piperidine rings is 1. The van der Waals surface area contributed by atoms with E-state index in [4.69, 9.17) is 5.73 Å². The molecule has 4 rings (SSSR count). The summed E-state index contributed by atoms with van der Waals surface area (Å²) >= 11 is 0. The molecule has 1 amide bonds. The molecule has 4 fully saturated rings. The monoisotopic (exact) mass is 291 g/mol. The van der Waals surface area contributed by atoms with Gasteiger partial charge in [-0.2, -0.15) is 0 Å². The number of rotatable bonds is 1. The summed E-state index contributed by atoms with van der Waals surface area (Å²) in [4.78, 5) is 17.9. The second kappa shape index (κ2) is 5.24. The molecule has 21 heavy (non-hydrogen) atoms. The predicted molar refractivity (Wildman–Crippen MR) is 82.7 cm³/mol. The molecule has 2 aliphatic carbocycles. The second-order valence-corrected chi connectivity index (χ2v) is 7.92. The number of nitrogens with zero attached hydrogens (tertiary/aromatic N) is 2. The molecule has 0 spiro atoms. The minimum Gasteiger partial charge on any atom is -0.337 e. The summed E-state index contributed by atoms with van der Waals surface area (Å²) in [5, 5.41) is 0. The summed E-state index contributed by atoms with van der Waals surface area (Å²) < 4.78 is 0. The van der Waals surface area contributed by atoms with E-state index < -0.39 is 0 Å². The van der Waals surface area contributed by atoms with Gasteiger partial charge in [-0.15, -0.1) is 0 Å². The zero-order chi connectivity index (χ0) is 14.6. The molecule has 4 nitrogen and oxygen atoms in total. The SMILES string of the molecule is CC1CN2CCCCC2CN1C(=O)C1C2CCC(C2)C1N. The highest BCUT2D eigenvalue weighted by Crippen LogP contribution is 2.48. The number of amides is 1. The van der Waals surface area contributed by atoms with Gasteiger partial charge >= 0.3 is 0 Å². The van der Waals surface area contributed by atoms with Crippen LogP contribution < -0.4 is 5.73 Å². The smallest absolute Gasteiger partial charge is 0.227 e. The van der Waals surface area contributed by atoms with E-state index in [9.17, 15) is 4.79 Å². The van der Waals surface area contributed by atoms with Gasteiger partial charge in [0.25, 0.3) is 0 Å². The van der Waals surface area contributed by atoms with Gasteiger partial charge in [0, 0.05) is 31.2 Å². The lowest BCUT2D eigenvalue weighted by Crippen LogP contribution is -2.62. The van der Waals surface area contributed by atoms with Gasteiger partial charge in [-0.05, 0) is 57.4 Å². The number of nitrogens with two attached hydrogens (primary N) is 1. The number of carbonyl (C=O) groups excluding carboxylic acids is 1. The van der Waals surface area contributed by atoms with Gasteiger partial charge in [-0.25, -0.2) is 0 Å². The Bertz CT molecular complexity index is 424. The van der Waals surface area contributed by atoms with E-state index >= 15 is 0 Å². The van der Waals surface area contributed by atoms with Crippen LogP contribution in [0.15, 0.2) is 0 Å². The molecule has 0 aromatic rings. The first-order chi connectivity index (χ1) is 10.1. The average Bonchev–Trinajstić information content (AvgIpc) is 3.07. The van der Waals surface area contributed by atoms with Crippen molar-refractivity contribution in [1.82, 2.24) is 9.80 Å². The predicted octanol–water partition coefficient (Wildman–Crippen LogP) is 1.45. The van der Waals surface area contributed by atoms with E-state index in [-0.39, 0.29) is 12.0 Å². The number of fused-ring (bicyclic) bond motifs is 3. The zero-order valence-corrected chi connectivity index (χ0v) is 13.2. The van der Waals surface area contributed by atoms with Crippen LogP contribution in [-0.2, 0) is 4.79 Å². The van der Waals surface area contributed by atoms with Crippen molar-refractivity contribution in [2.75, 3.05) is 19.6 Å². The van der Waals surface area contributed by atoms with Crippen LogP contribution in [0.2, 0.25) is 0 Å². The molecule has 118 valence electrons. The first-order valence-corrected chi connectivity index (χ1v) is 8.95. The van der Waals surface area contributed by atoms with E-state index in [2.05, 4.69) is 16.7 Å². The summed E-state index contributed by atoms with van der Waals surface area (Å²) in [5.41, 5.74) is 6.39. The van der Waals surface area contributed by atoms with E-state index in [1.165, 1.54) is 45.1 Å². The van der Waals surface area contributed by atoms with Gasteiger partial charge in [0.2, 0.25) is 5.91 Å². The molecule has 0 radical (unpaired) electrons. The van der Waals surface area contributed by atoms with Crippen LogP contribution in [0.4, 0.5) is 0 Å². The fourth-order valence-electron chi connectivity index (χ4n) is 5.55. The van der Waals surface area contributed by atoms with Crippen molar-refractivity contribution in [1.29, 1.82) is 0 Å². The molecular weight excluding hydrogens is 262 g/mol. The Hall–Kier alpha value is -0.610. The normalized spacial score (nSPS) is 46.7. The average molecular weight is 291 g/mol.